The summed E-state index contributed by atoms with van der Waals surface area (Å²) in [7, 11) is 3.33. The minimum atomic E-state index is -0.487. The summed E-state index contributed by atoms with van der Waals surface area (Å²) < 4.78 is 18.2. The Hall–Kier alpha value is -3.11. The number of carbonyl (C=O) groups excluding carboxylic acids is 1. The third-order valence-electron chi connectivity index (χ3n) is 5.64. The maximum Gasteiger partial charge on any atom is 0.319 e. The van der Waals surface area contributed by atoms with Crippen LogP contribution in [0.25, 0.3) is 11.0 Å². The Labute approximate surface area is 196 Å². The SMILES string of the molecule is COC(=O)CN(C)CC1CCN(c2ncc3ncnc(Nc4ccc(F)c(Cl)c4)c3n2)CC1. The second-order valence-electron chi connectivity index (χ2n) is 8.08. The highest BCUT2D eigenvalue weighted by atomic mass is 35.5. The fraction of sp³-hybridized carbons (Fsp3) is 0.409. The number of methoxy groups -OCH3 is 1. The molecule has 11 heteroatoms. The van der Waals surface area contributed by atoms with Crippen LogP contribution in [0.1, 0.15) is 12.8 Å². The van der Waals surface area contributed by atoms with Crippen molar-refractivity contribution in [1.82, 2.24) is 24.8 Å². The first-order chi connectivity index (χ1) is 15.9. The molecule has 33 heavy (non-hydrogen) atoms. The van der Waals surface area contributed by atoms with Gasteiger partial charge in [-0.2, -0.15) is 0 Å². The molecule has 0 aliphatic carbocycles. The van der Waals surface area contributed by atoms with Gasteiger partial charge in [0.15, 0.2) is 5.82 Å². The molecule has 1 aliphatic rings. The minimum Gasteiger partial charge on any atom is -0.468 e. The van der Waals surface area contributed by atoms with Gasteiger partial charge in [0.2, 0.25) is 5.95 Å². The van der Waals surface area contributed by atoms with Crippen molar-refractivity contribution in [2.24, 2.45) is 5.92 Å². The van der Waals surface area contributed by atoms with Crippen molar-refractivity contribution in [1.29, 1.82) is 0 Å². The van der Waals surface area contributed by atoms with Gasteiger partial charge in [-0.3, -0.25) is 9.69 Å². The second kappa shape index (κ2) is 10.2. The number of anilines is 3. The van der Waals surface area contributed by atoms with Gasteiger partial charge in [-0.1, -0.05) is 11.6 Å². The van der Waals surface area contributed by atoms with Crippen molar-refractivity contribution >= 4 is 46.1 Å². The molecule has 2 aromatic heterocycles. The zero-order valence-electron chi connectivity index (χ0n) is 18.5. The van der Waals surface area contributed by atoms with Gasteiger partial charge in [0, 0.05) is 25.3 Å². The lowest BCUT2D eigenvalue weighted by atomic mass is 9.96. The van der Waals surface area contributed by atoms with Crippen LogP contribution in [-0.4, -0.2) is 71.1 Å². The molecule has 9 nitrogen and oxygen atoms in total. The topological polar surface area (TPSA) is 96.4 Å². The molecule has 1 N–H and O–H groups in total. The summed E-state index contributed by atoms with van der Waals surface area (Å²) in [5.41, 5.74) is 1.77. The van der Waals surface area contributed by atoms with Crippen molar-refractivity contribution in [3.8, 4) is 0 Å². The Morgan fingerprint density at radius 2 is 2.09 bits per heavy atom. The van der Waals surface area contributed by atoms with E-state index in [1.54, 1.807) is 12.3 Å². The summed E-state index contributed by atoms with van der Waals surface area (Å²) in [6.07, 6.45) is 5.04. The molecule has 0 spiro atoms. The molecule has 1 fully saturated rings. The molecule has 3 heterocycles. The van der Waals surface area contributed by atoms with Crippen LogP contribution in [0.5, 0.6) is 0 Å². The average molecular weight is 474 g/mol. The molecule has 0 amide bonds. The predicted octanol–water partition coefficient (Wildman–Crippen LogP) is 3.28. The van der Waals surface area contributed by atoms with E-state index in [4.69, 9.17) is 21.3 Å². The largest absolute Gasteiger partial charge is 0.468 e. The van der Waals surface area contributed by atoms with Crippen LogP contribution in [0.2, 0.25) is 5.02 Å². The summed E-state index contributed by atoms with van der Waals surface area (Å²) in [5, 5.41) is 3.16. The van der Waals surface area contributed by atoms with Gasteiger partial charge in [0.25, 0.3) is 0 Å². The van der Waals surface area contributed by atoms with E-state index < -0.39 is 5.82 Å². The molecule has 0 bridgehead atoms. The molecule has 0 saturated carbocycles. The molecule has 0 radical (unpaired) electrons. The predicted molar refractivity (Wildman–Crippen MR) is 124 cm³/mol. The number of likely N-dealkylation sites (N-methyl/N-ethyl adjacent to an activating group) is 1. The molecular formula is C22H25ClFN7O2. The number of halogens is 2. The number of hydrogen-bond donors (Lipinski definition) is 1. The van der Waals surface area contributed by atoms with Crippen molar-refractivity contribution in [2.75, 3.05) is 50.6 Å². The monoisotopic (exact) mass is 473 g/mol. The van der Waals surface area contributed by atoms with Crippen LogP contribution in [-0.2, 0) is 9.53 Å². The maximum atomic E-state index is 13.5. The number of fused-ring (bicyclic) bond motifs is 1. The Morgan fingerprint density at radius 1 is 1.30 bits per heavy atom. The number of piperidine rings is 1. The summed E-state index contributed by atoms with van der Waals surface area (Å²) in [6.45, 7) is 2.75. The number of nitrogens with one attached hydrogen (secondary N) is 1. The van der Waals surface area contributed by atoms with E-state index in [1.165, 1.54) is 25.6 Å². The second-order valence-corrected chi connectivity index (χ2v) is 8.49. The molecule has 1 saturated heterocycles. The standard InChI is InChI=1S/C22H25ClFN7O2/c1-30(12-19(32)33-2)11-14-5-7-31(8-6-14)22-25-10-18-20(29-22)21(27-13-26-18)28-15-3-4-17(24)16(23)9-15/h3-4,9-10,13-14H,5-8,11-12H2,1-2H3,(H,26,27,28). The van der Waals surface area contributed by atoms with Gasteiger partial charge in [0.05, 0.1) is 24.9 Å². The summed E-state index contributed by atoms with van der Waals surface area (Å²) >= 11 is 5.89. The third kappa shape index (κ3) is 5.63. The van der Waals surface area contributed by atoms with Crippen molar-refractivity contribution in [2.45, 2.75) is 12.8 Å². The van der Waals surface area contributed by atoms with E-state index in [1.807, 2.05) is 11.9 Å². The molecule has 1 aliphatic heterocycles. The van der Waals surface area contributed by atoms with Crippen LogP contribution in [0.3, 0.4) is 0 Å². The summed E-state index contributed by atoms with van der Waals surface area (Å²) in [4.78, 5) is 33.4. The highest BCUT2D eigenvalue weighted by Gasteiger charge is 2.23. The van der Waals surface area contributed by atoms with Gasteiger partial charge in [-0.15, -0.1) is 0 Å². The number of ether oxygens (including phenoxy) is 1. The Morgan fingerprint density at radius 3 is 2.82 bits per heavy atom. The average Bonchev–Trinajstić information content (AvgIpc) is 2.82. The third-order valence-corrected chi connectivity index (χ3v) is 5.93. The number of esters is 1. The lowest BCUT2D eigenvalue weighted by molar-refractivity contribution is -0.141. The van der Waals surface area contributed by atoms with Gasteiger partial charge in [-0.05, 0) is 44.0 Å². The fourth-order valence-corrected chi connectivity index (χ4v) is 4.09. The number of rotatable bonds is 7. The van der Waals surface area contributed by atoms with Crippen LogP contribution in [0.4, 0.5) is 21.8 Å². The first-order valence-electron chi connectivity index (χ1n) is 10.6. The molecule has 0 unspecified atom stereocenters. The summed E-state index contributed by atoms with van der Waals surface area (Å²) in [5.74, 6) is 0.873. The Balaban J connectivity index is 1.45. The van der Waals surface area contributed by atoms with E-state index in [9.17, 15) is 9.18 Å². The van der Waals surface area contributed by atoms with E-state index in [0.29, 0.717) is 40.9 Å². The smallest absolute Gasteiger partial charge is 0.319 e. The molecular weight excluding hydrogens is 449 g/mol. The fourth-order valence-electron chi connectivity index (χ4n) is 3.91. The van der Waals surface area contributed by atoms with Crippen LogP contribution < -0.4 is 10.2 Å². The van der Waals surface area contributed by atoms with Crippen LogP contribution >= 0.6 is 11.6 Å². The number of carbonyl (C=O) groups is 1. The van der Waals surface area contributed by atoms with Gasteiger partial charge < -0.3 is 15.0 Å². The van der Waals surface area contributed by atoms with E-state index in [-0.39, 0.29) is 11.0 Å². The highest BCUT2D eigenvalue weighted by molar-refractivity contribution is 6.31. The molecule has 3 aromatic rings. The number of hydrogen-bond acceptors (Lipinski definition) is 9. The lowest BCUT2D eigenvalue weighted by Crippen LogP contribution is -2.39. The van der Waals surface area contributed by atoms with Gasteiger partial charge in [-0.25, -0.2) is 24.3 Å². The van der Waals surface area contributed by atoms with E-state index in [2.05, 4.69) is 25.2 Å². The van der Waals surface area contributed by atoms with Gasteiger partial charge in [0.1, 0.15) is 23.2 Å². The normalized spacial score (nSPS) is 14.6. The first-order valence-corrected chi connectivity index (χ1v) is 11.0. The zero-order valence-corrected chi connectivity index (χ0v) is 19.2. The Bertz CT molecular complexity index is 1140. The van der Waals surface area contributed by atoms with E-state index >= 15 is 0 Å². The van der Waals surface area contributed by atoms with Crippen LogP contribution in [0.15, 0.2) is 30.7 Å². The summed E-state index contributed by atoms with van der Waals surface area (Å²) in [6, 6.07) is 4.37. The lowest BCUT2D eigenvalue weighted by Gasteiger charge is -2.33. The Kier molecular flexibility index (Phi) is 7.14. The van der Waals surface area contributed by atoms with E-state index in [0.717, 1.165) is 32.5 Å². The van der Waals surface area contributed by atoms with Crippen molar-refractivity contribution < 1.29 is 13.9 Å². The molecule has 4 rings (SSSR count). The maximum absolute atomic E-state index is 13.5. The molecule has 174 valence electrons. The number of aromatic nitrogens is 4. The minimum absolute atomic E-state index is 0.0220. The first kappa shape index (κ1) is 23.1. The quantitative estimate of drug-likeness (QED) is 0.518. The molecule has 1 aromatic carbocycles. The van der Waals surface area contributed by atoms with Crippen molar-refractivity contribution in [3.63, 3.8) is 0 Å². The zero-order chi connectivity index (χ0) is 23.4. The number of nitrogens with zero attached hydrogens (tertiary/aromatic N) is 6. The number of benzene rings is 1. The van der Waals surface area contributed by atoms with Gasteiger partial charge >= 0.3 is 5.97 Å². The molecule has 0 atom stereocenters. The highest BCUT2D eigenvalue weighted by Crippen LogP contribution is 2.27. The van der Waals surface area contributed by atoms with Crippen molar-refractivity contribution in [3.05, 3.63) is 41.6 Å². The van der Waals surface area contributed by atoms with Crippen LogP contribution in [0, 0.1) is 11.7 Å².